The van der Waals surface area contributed by atoms with Gasteiger partial charge in [-0.05, 0) is 49.8 Å². The molecule has 80 valence electrons. The van der Waals surface area contributed by atoms with Crippen molar-refractivity contribution in [2.24, 2.45) is 5.16 Å². The molecule has 0 aliphatic heterocycles. The van der Waals surface area contributed by atoms with E-state index in [-0.39, 0.29) is 0 Å². The summed E-state index contributed by atoms with van der Waals surface area (Å²) in [5.74, 6) is 0.834. The molecule has 15 heavy (non-hydrogen) atoms. The fraction of sp³-hybridized carbons (Fsp3) is 0.250. The molecule has 1 aromatic carbocycles. The van der Waals surface area contributed by atoms with Crippen LogP contribution < -0.4 is 4.74 Å². The van der Waals surface area contributed by atoms with E-state index >= 15 is 0 Å². The lowest BCUT2D eigenvalue weighted by Crippen LogP contribution is -1.94. The molecule has 0 bridgehead atoms. The first-order valence-corrected chi connectivity index (χ1v) is 4.74. The highest BCUT2D eigenvalue weighted by Crippen LogP contribution is 2.11. The highest BCUT2D eigenvalue weighted by atomic mass is 16.6. The van der Waals surface area contributed by atoms with Crippen LogP contribution in [0.3, 0.4) is 0 Å². The number of ether oxygens (including phenoxy) is 1. The summed E-state index contributed by atoms with van der Waals surface area (Å²) < 4.78 is 5.07. The zero-order chi connectivity index (χ0) is 11.1. The zero-order valence-electron chi connectivity index (χ0n) is 9.23. The third-order valence-electron chi connectivity index (χ3n) is 1.89. The molecule has 0 unspecified atom stereocenters. The molecule has 0 amide bonds. The summed E-state index contributed by atoms with van der Waals surface area (Å²) in [6.45, 7) is 3.77. The van der Waals surface area contributed by atoms with E-state index < -0.39 is 0 Å². The van der Waals surface area contributed by atoms with Gasteiger partial charge in [0, 0.05) is 0 Å². The molecule has 0 spiro atoms. The van der Waals surface area contributed by atoms with E-state index in [1.165, 1.54) is 6.26 Å². The highest BCUT2D eigenvalue weighted by Gasteiger charge is 1.97. The Morgan fingerprint density at radius 1 is 1.27 bits per heavy atom. The Bertz CT molecular complexity index is 352. The van der Waals surface area contributed by atoms with Crippen molar-refractivity contribution in [2.75, 3.05) is 7.11 Å². The van der Waals surface area contributed by atoms with Gasteiger partial charge in [0.25, 0.3) is 0 Å². The maximum Gasteiger partial charge on any atom is 0.118 e. The highest BCUT2D eigenvalue weighted by molar-refractivity contribution is 5.98. The third-order valence-corrected chi connectivity index (χ3v) is 1.89. The van der Waals surface area contributed by atoms with Crippen LogP contribution in [0.25, 0.3) is 0 Å². The fourth-order valence-electron chi connectivity index (χ4n) is 1.06. The largest absolute Gasteiger partial charge is 0.497 e. The molecule has 3 nitrogen and oxygen atoms in total. The molecule has 0 N–H and O–H groups in total. The van der Waals surface area contributed by atoms with Crippen LogP contribution in [0, 0.1) is 0 Å². The minimum atomic E-state index is 0.829. The van der Waals surface area contributed by atoms with E-state index in [4.69, 9.17) is 9.57 Å². The Morgan fingerprint density at radius 2 is 1.93 bits per heavy atom. The van der Waals surface area contributed by atoms with Gasteiger partial charge in [-0.15, -0.1) is 0 Å². The van der Waals surface area contributed by atoms with E-state index in [1.807, 2.05) is 38.1 Å². The van der Waals surface area contributed by atoms with Gasteiger partial charge in [-0.2, -0.15) is 0 Å². The van der Waals surface area contributed by atoms with Gasteiger partial charge in [-0.1, -0.05) is 5.16 Å². The standard InChI is InChI=1S/C12H15NO2/c1-4-9-15-13-10(2)11-5-7-12(14-3)8-6-11/h4-9H,1-3H3/b9-4+,13-10+. The van der Waals surface area contributed by atoms with Crippen LogP contribution in [0.1, 0.15) is 19.4 Å². The number of methoxy groups -OCH3 is 1. The average molecular weight is 205 g/mol. The Kier molecular flexibility index (Phi) is 4.41. The van der Waals surface area contributed by atoms with Crippen molar-refractivity contribution < 1.29 is 9.57 Å². The molecule has 0 radical (unpaired) electrons. The van der Waals surface area contributed by atoms with Gasteiger partial charge in [0.15, 0.2) is 0 Å². The predicted octanol–water partition coefficient (Wildman–Crippen LogP) is 2.97. The second kappa shape index (κ2) is 5.86. The van der Waals surface area contributed by atoms with Crippen LogP contribution in [0.5, 0.6) is 5.75 Å². The van der Waals surface area contributed by atoms with Gasteiger partial charge in [-0.25, -0.2) is 0 Å². The number of benzene rings is 1. The topological polar surface area (TPSA) is 30.8 Å². The van der Waals surface area contributed by atoms with E-state index in [2.05, 4.69) is 5.16 Å². The van der Waals surface area contributed by atoms with Crippen molar-refractivity contribution in [3.63, 3.8) is 0 Å². The van der Waals surface area contributed by atoms with Crippen molar-refractivity contribution in [3.05, 3.63) is 42.2 Å². The number of hydrogen-bond acceptors (Lipinski definition) is 3. The molecular formula is C12H15NO2. The molecule has 0 atom stereocenters. The fourth-order valence-corrected chi connectivity index (χ4v) is 1.06. The molecule has 0 aromatic heterocycles. The summed E-state index contributed by atoms with van der Waals surface area (Å²) in [5, 5.41) is 3.93. The second-order valence-electron chi connectivity index (χ2n) is 2.98. The minimum absolute atomic E-state index is 0.829. The molecule has 0 saturated heterocycles. The SMILES string of the molecule is C/C=C/O/N=C(\C)c1ccc(OC)cc1. The maximum atomic E-state index is 5.07. The van der Waals surface area contributed by atoms with E-state index in [1.54, 1.807) is 13.2 Å². The lowest BCUT2D eigenvalue weighted by Gasteiger charge is -2.02. The first-order valence-electron chi connectivity index (χ1n) is 4.74. The van der Waals surface area contributed by atoms with Gasteiger partial charge in [0.05, 0.1) is 12.8 Å². The number of hydrogen-bond donors (Lipinski definition) is 0. The molecule has 0 aliphatic carbocycles. The van der Waals surface area contributed by atoms with Crippen molar-refractivity contribution in [2.45, 2.75) is 13.8 Å². The molecule has 0 aliphatic rings. The van der Waals surface area contributed by atoms with Crippen LogP contribution in [0.4, 0.5) is 0 Å². The Balaban J connectivity index is 2.73. The number of nitrogens with zero attached hydrogens (tertiary/aromatic N) is 1. The normalized spacial score (nSPS) is 11.8. The number of allylic oxidation sites excluding steroid dienone is 1. The van der Waals surface area contributed by atoms with Crippen LogP contribution in [-0.4, -0.2) is 12.8 Å². The average Bonchev–Trinajstić information content (AvgIpc) is 2.29. The van der Waals surface area contributed by atoms with Crippen LogP contribution in [-0.2, 0) is 4.84 Å². The summed E-state index contributed by atoms with van der Waals surface area (Å²) in [5.41, 5.74) is 1.84. The maximum absolute atomic E-state index is 5.07. The minimum Gasteiger partial charge on any atom is -0.497 e. The summed E-state index contributed by atoms with van der Waals surface area (Å²) in [4.78, 5) is 4.93. The van der Waals surface area contributed by atoms with Gasteiger partial charge in [-0.3, -0.25) is 0 Å². The van der Waals surface area contributed by atoms with Gasteiger partial charge in [0.1, 0.15) is 12.0 Å². The first kappa shape index (κ1) is 11.3. The van der Waals surface area contributed by atoms with Crippen molar-refractivity contribution >= 4 is 5.71 Å². The predicted molar refractivity (Wildman–Crippen MR) is 61.1 cm³/mol. The summed E-state index contributed by atoms with van der Waals surface area (Å²) >= 11 is 0. The van der Waals surface area contributed by atoms with E-state index in [0.29, 0.717) is 0 Å². The van der Waals surface area contributed by atoms with Gasteiger partial charge < -0.3 is 9.57 Å². The molecule has 0 heterocycles. The second-order valence-corrected chi connectivity index (χ2v) is 2.98. The number of rotatable bonds is 4. The molecule has 1 rings (SSSR count). The zero-order valence-corrected chi connectivity index (χ0v) is 9.23. The van der Waals surface area contributed by atoms with Crippen LogP contribution in [0.2, 0.25) is 0 Å². The summed E-state index contributed by atoms with van der Waals surface area (Å²) in [6, 6.07) is 7.67. The quantitative estimate of drug-likeness (QED) is 0.430. The molecule has 0 fully saturated rings. The molecule has 1 aromatic rings. The van der Waals surface area contributed by atoms with Crippen molar-refractivity contribution in [1.29, 1.82) is 0 Å². The van der Waals surface area contributed by atoms with Crippen LogP contribution >= 0.6 is 0 Å². The van der Waals surface area contributed by atoms with Gasteiger partial charge in [0.2, 0.25) is 0 Å². The Hall–Kier alpha value is -1.77. The Labute approximate surface area is 90.0 Å². The monoisotopic (exact) mass is 205 g/mol. The lowest BCUT2D eigenvalue weighted by molar-refractivity contribution is 0.268. The summed E-state index contributed by atoms with van der Waals surface area (Å²) in [6.07, 6.45) is 3.32. The summed E-state index contributed by atoms with van der Waals surface area (Å²) in [7, 11) is 1.64. The lowest BCUT2D eigenvalue weighted by atomic mass is 10.1. The molecule has 0 saturated carbocycles. The van der Waals surface area contributed by atoms with Gasteiger partial charge >= 0.3 is 0 Å². The molecule has 3 heteroatoms. The molecular weight excluding hydrogens is 190 g/mol. The van der Waals surface area contributed by atoms with Crippen LogP contribution in [0.15, 0.2) is 41.8 Å². The van der Waals surface area contributed by atoms with E-state index in [0.717, 1.165) is 17.0 Å². The Morgan fingerprint density at radius 3 is 2.47 bits per heavy atom. The van der Waals surface area contributed by atoms with Crippen molar-refractivity contribution in [3.8, 4) is 5.75 Å². The third kappa shape index (κ3) is 3.46. The van der Waals surface area contributed by atoms with Crippen molar-refractivity contribution in [1.82, 2.24) is 0 Å². The smallest absolute Gasteiger partial charge is 0.118 e. The first-order chi connectivity index (χ1) is 7.27. The number of oxime groups is 1. The van der Waals surface area contributed by atoms with E-state index in [9.17, 15) is 0 Å².